The zero-order valence-electron chi connectivity index (χ0n) is 7.45. The predicted molar refractivity (Wildman–Crippen MR) is 49.1 cm³/mol. The first kappa shape index (κ1) is 9.49. The van der Waals surface area contributed by atoms with E-state index in [1.54, 1.807) is 19.2 Å². The second-order valence-electron chi connectivity index (χ2n) is 2.30. The largest absolute Gasteiger partial charge is 0.480 e. The molecule has 1 aromatic rings. The number of rotatable bonds is 2. The summed E-state index contributed by atoms with van der Waals surface area (Å²) < 4.78 is 4.85. The van der Waals surface area contributed by atoms with Gasteiger partial charge in [-0.3, -0.25) is 0 Å². The van der Waals surface area contributed by atoms with Crippen molar-refractivity contribution >= 4 is 0 Å². The van der Waals surface area contributed by atoms with E-state index in [0.717, 1.165) is 0 Å². The number of nitrogens with zero attached hydrogens (tertiary/aromatic N) is 2. The Morgan fingerprint density at radius 3 is 2.85 bits per heavy atom. The molecule has 0 bridgehead atoms. The van der Waals surface area contributed by atoms with Crippen molar-refractivity contribution in [2.75, 3.05) is 13.7 Å². The molecule has 0 atom stereocenters. The van der Waals surface area contributed by atoms with Gasteiger partial charge in [0.15, 0.2) is 0 Å². The summed E-state index contributed by atoms with van der Waals surface area (Å²) in [7, 11) is 1.55. The highest BCUT2D eigenvalue weighted by atomic mass is 16.5. The Balaban J connectivity index is 2.65. The van der Waals surface area contributed by atoms with Gasteiger partial charge in [-0.05, 0) is 12.0 Å². The van der Waals surface area contributed by atoms with E-state index < -0.39 is 0 Å². The molecule has 4 heteroatoms. The summed E-state index contributed by atoms with van der Waals surface area (Å²) in [5.41, 5.74) is 5.91. The lowest BCUT2D eigenvalue weighted by Crippen LogP contribution is -1.96. The molecule has 0 spiro atoms. The summed E-state index contributed by atoms with van der Waals surface area (Å²) >= 11 is 0. The van der Waals surface area contributed by atoms with Crippen LogP contribution in [-0.2, 0) is 0 Å². The third-order valence-electron chi connectivity index (χ3n) is 1.34. The number of aromatic nitrogens is 2. The van der Waals surface area contributed by atoms with Gasteiger partial charge in [0.05, 0.1) is 7.11 Å². The Kier molecular flexibility index (Phi) is 3.74. The fourth-order valence-electron chi connectivity index (χ4n) is 0.721. The monoisotopic (exact) mass is 177 g/mol. The first-order valence-electron chi connectivity index (χ1n) is 3.93. The topological polar surface area (TPSA) is 61.0 Å². The average Bonchev–Trinajstić information content (AvgIpc) is 2.19. The van der Waals surface area contributed by atoms with E-state index in [1.165, 1.54) is 0 Å². The molecule has 0 aliphatic heterocycles. The summed E-state index contributed by atoms with van der Waals surface area (Å²) in [5.74, 6) is 6.20. The highest BCUT2D eigenvalue weighted by Gasteiger charge is 1.92. The van der Waals surface area contributed by atoms with Gasteiger partial charge in [-0.15, -0.1) is 10.2 Å². The summed E-state index contributed by atoms with van der Waals surface area (Å²) in [6, 6.07) is 3.48. The molecule has 0 aliphatic carbocycles. The molecular formula is C9H11N3O. The second-order valence-corrected chi connectivity index (χ2v) is 2.30. The van der Waals surface area contributed by atoms with Crippen molar-refractivity contribution in [2.45, 2.75) is 6.42 Å². The maximum absolute atomic E-state index is 5.28. The van der Waals surface area contributed by atoms with Gasteiger partial charge >= 0.3 is 0 Å². The molecule has 1 heterocycles. The van der Waals surface area contributed by atoms with E-state index in [2.05, 4.69) is 22.0 Å². The van der Waals surface area contributed by atoms with Crippen LogP contribution in [0.1, 0.15) is 12.1 Å². The number of nitrogens with two attached hydrogens (primary N) is 1. The van der Waals surface area contributed by atoms with E-state index in [0.29, 0.717) is 24.5 Å². The third kappa shape index (κ3) is 3.09. The second kappa shape index (κ2) is 5.12. The van der Waals surface area contributed by atoms with Crippen LogP contribution >= 0.6 is 0 Å². The van der Waals surface area contributed by atoms with Crippen molar-refractivity contribution in [3.05, 3.63) is 17.8 Å². The van der Waals surface area contributed by atoms with Gasteiger partial charge in [0.2, 0.25) is 5.88 Å². The molecule has 0 saturated carbocycles. The van der Waals surface area contributed by atoms with Crippen molar-refractivity contribution in [3.8, 4) is 17.7 Å². The van der Waals surface area contributed by atoms with Crippen LogP contribution in [0.15, 0.2) is 12.1 Å². The standard InChI is InChI=1S/C9H11N3O/c1-13-9-6-5-8(11-12-9)4-2-3-7-10/h5-6H,3,7,10H2,1H3. The van der Waals surface area contributed by atoms with Gasteiger partial charge in [-0.2, -0.15) is 0 Å². The highest BCUT2D eigenvalue weighted by Crippen LogP contribution is 2.01. The average molecular weight is 177 g/mol. The Morgan fingerprint density at radius 2 is 2.31 bits per heavy atom. The molecule has 0 radical (unpaired) electrons. The van der Waals surface area contributed by atoms with Crippen molar-refractivity contribution < 1.29 is 4.74 Å². The maximum Gasteiger partial charge on any atom is 0.233 e. The molecule has 0 unspecified atom stereocenters. The lowest BCUT2D eigenvalue weighted by atomic mass is 10.3. The fraction of sp³-hybridized carbons (Fsp3) is 0.333. The van der Waals surface area contributed by atoms with Crippen molar-refractivity contribution in [2.24, 2.45) is 5.73 Å². The highest BCUT2D eigenvalue weighted by molar-refractivity contribution is 5.27. The maximum atomic E-state index is 5.28. The molecule has 2 N–H and O–H groups in total. The predicted octanol–water partition coefficient (Wildman–Crippen LogP) is 0.185. The normalized spacial score (nSPS) is 8.77. The van der Waals surface area contributed by atoms with Gasteiger partial charge in [0, 0.05) is 19.0 Å². The molecule has 68 valence electrons. The van der Waals surface area contributed by atoms with E-state index in [-0.39, 0.29) is 0 Å². The summed E-state index contributed by atoms with van der Waals surface area (Å²) in [6.07, 6.45) is 0.674. The van der Waals surface area contributed by atoms with Gasteiger partial charge in [-0.1, -0.05) is 5.92 Å². The Bertz CT molecular complexity index is 310. The lowest BCUT2D eigenvalue weighted by Gasteiger charge is -1.94. The first-order chi connectivity index (χ1) is 6.36. The van der Waals surface area contributed by atoms with Crippen LogP contribution in [0.3, 0.4) is 0 Å². The minimum Gasteiger partial charge on any atom is -0.480 e. The smallest absolute Gasteiger partial charge is 0.233 e. The van der Waals surface area contributed by atoms with E-state index in [4.69, 9.17) is 10.5 Å². The molecule has 0 amide bonds. The Labute approximate surface area is 77.1 Å². The molecule has 0 aromatic carbocycles. The zero-order valence-corrected chi connectivity index (χ0v) is 7.45. The van der Waals surface area contributed by atoms with E-state index >= 15 is 0 Å². The van der Waals surface area contributed by atoms with Crippen molar-refractivity contribution in [1.29, 1.82) is 0 Å². The van der Waals surface area contributed by atoms with Crippen molar-refractivity contribution in [1.82, 2.24) is 10.2 Å². The Hall–Kier alpha value is -1.60. The number of hydrogen-bond donors (Lipinski definition) is 1. The number of hydrogen-bond acceptors (Lipinski definition) is 4. The van der Waals surface area contributed by atoms with E-state index in [9.17, 15) is 0 Å². The van der Waals surface area contributed by atoms with E-state index in [1.807, 2.05) is 0 Å². The molecule has 0 fully saturated rings. The number of ether oxygens (including phenoxy) is 1. The van der Waals surface area contributed by atoms with Gasteiger partial charge in [0.1, 0.15) is 5.69 Å². The zero-order chi connectivity index (χ0) is 9.52. The number of methoxy groups -OCH3 is 1. The van der Waals surface area contributed by atoms with Crippen LogP contribution in [-0.4, -0.2) is 23.9 Å². The van der Waals surface area contributed by atoms with Crippen LogP contribution < -0.4 is 10.5 Å². The molecule has 1 rings (SSSR count). The molecule has 0 saturated heterocycles. The third-order valence-corrected chi connectivity index (χ3v) is 1.34. The summed E-state index contributed by atoms with van der Waals surface area (Å²) in [5, 5.41) is 7.60. The molecule has 4 nitrogen and oxygen atoms in total. The van der Waals surface area contributed by atoms with Crippen LogP contribution in [0.4, 0.5) is 0 Å². The minimum atomic E-state index is 0.490. The Morgan fingerprint density at radius 1 is 1.46 bits per heavy atom. The van der Waals surface area contributed by atoms with Crippen LogP contribution in [0, 0.1) is 11.8 Å². The van der Waals surface area contributed by atoms with Crippen LogP contribution in [0.25, 0.3) is 0 Å². The summed E-state index contributed by atoms with van der Waals surface area (Å²) in [4.78, 5) is 0. The van der Waals surface area contributed by atoms with Crippen LogP contribution in [0.2, 0.25) is 0 Å². The molecular weight excluding hydrogens is 166 g/mol. The summed E-state index contributed by atoms with van der Waals surface area (Å²) in [6.45, 7) is 0.566. The van der Waals surface area contributed by atoms with Gasteiger partial charge < -0.3 is 10.5 Å². The molecule has 13 heavy (non-hydrogen) atoms. The minimum absolute atomic E-state index is 0.490. The molecule has 0 aliphatic rings. The molecule has 1 aromatic heterocycles. The van der Waals surface area contributed by atoms with Gasteiger partial charge in [0.25, 0.3) is 0 Å². The van der Waals surface area contributed by atoms with Gasteiger partial charge in [-0.25, -0.2) is 0 Å². The first-order valence-corrected chi connectivity index (χ1v) is 3.93. The quantitative estimate of drug-likeness (QED) is 0.655. The van der Waals surface area contributed by atoms with Crippen molar-refractivity contribution in [3.63, 3.8) is 0 Å². The fourth-order valence-corrected chi connectivity index (χ4v) is 0.721. The van der Waals surface area contributed by atoms with Crippen LogP contribution in [0.5, 0.6) is 5.88 Å². The lowest BCUT2D eigenvalue weighted by molar-refractivity contribution is 0.391. The SMILES string of the molecule is COc1ccc(C#CCCN)nn1.